The number of aldehydes is 1. The van der Waals surface area contributed by atoms with E-state index in [9.17, 15) is 19.5 Å². The van der Waals surface area contributed by atoms with Gasteiger partial charge in [0.25, 0.3) is 6.29 Å². The number of amides is 1. The summed E-state index contributed by atoms with van der Waals surface area (Å²) in [5.41, 5.74) is 0. The molecule has 1 rings (SSSR count). The van der Waals surface area contributed by atoms with Gasteiger partial charge in [-0.25, -0.2) is 4.79 Å². The first-order valence-electron chi connectivity index (χ1n) is 5.45. The lowest BCUT2D eigenvalue weighted by Crippen LogP contribution is -2.51. The molecule has 0 bridgehead atoms. The quantitative estimate of drug-likeness (QED) is 0.382. The molecule has 9 nitrogen and oxygen atoms in total. The highest BCUT2D eigenvalue weighted by molar-refractivity contribution is 5.77. The van der Waals surface area contributed by atoms with Gasteiger partial charge in [0.15, 0.2) is 0 Å². The van der Waals surface area contributed by atoms with E-state index in [1.165, 1.54) is 6.92 Å². The summed E-state index contributed by atoms with van der Waals surface area (Å²) < 4.78 is 9.88. The maximum Gasteiger partial charge on any atom is 0.361 e. The van der Waals surface area contributed by atoms with Crippen molar-refractivity contribution < 1.29 is 39.2 Å². The van der Waals surface area contributed by atoms with Crippen molar-refractivity contribution >= 4 is 18.2 Å². The highest BCUT2D eigenvalue weighted by atomic mass is 16.8. The lowest BCUT2D eigenvalue weighted by molar-refractivity contribution is -0.171. The van der Waals surface area contributed by atoms with Crippen molar-refractivity contribution in [1.82, 2.24) is 5.32 Å². The lowest BCUT2D eigenvalue weighted by Gasteiger charge is -2.24. The van der Waals surface area contributed by atoms with Gasteiger partial charge in [0.1, 0.15) is 30.6 Å². The normalized spacial score (nSPS) is 29.5. The van der Waals surface area contributed by atoms with Crippen LogP contribution in [0.5, 0.6) is 0 Å². The van der Waals surface area contributed by atoms with E-state index in [-0.39, 0.29) is 0 Å². The average molecular weight is 277 g/mol. The molecule has 0 aliphatic carbocycles. The molecule has 0 aromatic rings. The Labute approximate surface area is 108 Å². The summed E-state index contributed by atoms with van der Waals surface area (Å²) in [4.78, 5) is 32.6. The number of aliphatic hydroxyl groups excluding tert-OH is 2. The van der Waals surface area contributed by atoms with E-state index in [4.69, 9.17) is 19.7 Å². The van der Waals surface area contributed by atoms with Crippen molar-refractivity contribution in [1.29, 1.82) is 0 Å². The van der Waals surface area contributed by atoms with Crippen LogP contribution in [0.25, 0.3) is 0 Å². The minimum atomic E-state index is -1.67. The lowest BCUT2D eigenvalue weighted by atomic mass is 10.0. The molecule has 0 aromatic carbocycles. The van der Waals surface area contributed by atoms with E-state index >= 15 is 0 Å². The van der Waals surface area contributed by atoms with Crippen LogP contribution in [0.4, 0.5) is 0 Å². The molecule has 5 unspecified atom stereocenters. The van der Waals surface area contributed by atoms with E-state index < -0.39 is 49.1 Å². The van der Waals surface area contributed by atoms with Crippen molar-refractivity contribution in [2.45, 2.75) is 37.6 Å². The highest BCUT2D eigenvalue weighted by Crippen LogP contribution is 2.24. The molecule has 1 aliphatic rings. The third kappa shape index (κ3) is 3.70. The van der Waals surface area contributed by atoms with Crippen molar-refractivity contribution in [3.8, 4) is 0 Å². The number of ether oxygens (including phenoxy) is 2. The second kappa shape index (κ2) is 6.57. The molecule has 19 heavy (non-hydrogen) atoms. The van der Waals surface area contributed by atoms with Gasteiger partial charge in [-0.05, 0) is 0 Å². The number of aliphatic hydroxyl groups is 2. The van der Waals surface area contributed by atoms with Gasteiger partial charge in [0, 0.05) is 6.92 Å². The number of carboxylic acid groups (broad SMARTS) is 1. The van der Waals surface area contributed by atoms with Crippen LogP contribution in [0, 0.1) is 0 Å². The number of aliphatic carboxylic acids is 1. The van der Waals surface area contributed by atoms with Gasteiger partial charge in [-0.1, -0.05) is 0 Å². The Morgan fingerprint density at radius 3 is 2.37 bits per heavy atom. The minimum absolute atomic E-state index is 0.344. The Kier molecular flexibility index (Phi) is 5.36. The number of hydrogen-bond donors (Lipinski definition) is 4. The van der Waals surface area contributed by atoms with E-state index in [1.807, 2.05) is 0 Å². The summed E-state index contributed by atoms with van der Waals surface area (Å²) in [5, 5.41) is 29.4. The van der Waals surface area contributed by atoms with Crippen LogP contribution in [0.1, 0.15) is 6.92 Å². The van der Waals surface area contributed by atoms with Gasteiger partial charge in [0.05, 0.1) is 6.61 Å². The van der Waals surface area contributed by atoms with Gasteiger partial charge in [0.2, 0.25) is 5.91 Å². The largest absolute Gasteiger partial charge is 0.477 e. The SMILES string of the molecule is CC(=O)NC(C=O)C1OC(C(=O)O)OC1C(O)CO. The minimum Gasteiger partial charge on any atom is -0.477 e. The molecular weight excluding hydrogens is 262 g/mol. The summed E-state index contributed by atoms with van der Waals surface area (Å²) in [6, 6.07) is -1.19. The maximum atomic E-state index is 10.9. The van der Waals surface area contributed by atoms with Gasteiger partial charge < -0.3 is 34.9 Å². The summed E-state index contributed by atoms with van der Waals surface area (Å²) in [5.74, 6) is -1.97. The predicted octanol–water partition coefficient (Wildman–Crippen LogP) is -2.76. The first-order valence-corrected chi connectivity index (χ1v) is 5.45. The molecule has 1 heterocycles. The first kappa shape index (κ1) is 15.5. The molecule has 4 N–H and O–H groups in total. The Morgan fingerprint density at radius 1 is 1.37 bits per heavy atom. The van der Waals surface area contributed by atoms with Crippen LogP contribution in [0.2, 0.25) is 0 Å². The van der Waals surface area contributed by atoms with E-state index in [0.717, 1.165) is 0 Å². The third-order valence-electron chi connectivity index (χ3n) is 2.52. The number of carboxylic acids is 1. The molecule has 0 aromatic heterocycles. The maximum absolute atomic E-state index is 10.9. The second-order valence-electron chi connectivity index (χ2n) is 3.98. The van der Waals surface area contributed by atoms with Crippen molar-refractivity contribution in [3.63, 3.8) is 0 Å². The summed E-state index contributed by atoms with van der Waals surface area (Å²) >= 11 is 0. The fourth-order valence-electron chi connectivity index (χ4n) is 1.72. The van der Waals surface area contributed by atoms with Crippen LogP contribution < -0.4 is 5.32 Å². The van der Waals surface area contributed by atoms with Crippen LogP contribution in [0.3, 0.4) is 0 Å². The van der Waals surface area contributed by atoms with Crippen molar-refractivity contribution in [3.05, 3.63) is 0 Å². The van der Waals surface area contributed by atoms with Crippen LogP contribution >= 0.6 is 0 Å². The van der Waals surface area contributed by atoms with E-state index in [0.29, 0.717) is 6.29 Å². The summed E-state index contributed by atoms with van der Waals surface area (Å²) in [6.45, 7) is 0.459. The van der Waals surface area contributed by atoms with E-state index in [1.54, 1.807) is 0 Å². The van der Waals surface area contributed by atoms with Crippen LogP contribution in [-0.4, -0.2) is 70.7 Å². The smallest absolute Gasteiger partial charge is 0.361 e. The Morgan fingerprint density at radius 2 is 1.95 bits per heavy atom. The molecule has 1 fully saturated rings. The number of carbonyl (C=O) groups is 3. The Hall–Kier alpha value is -1.55. The Balaban J connectivity index is 2.89. The first-order chi connectivity index (χ1) is 8.90. The molecule has 5 atom stereocenters. The number of hydrogen-bond acceptors (Lipinski definition) is 7. The molecule has 9 heteroatoms. The topological polar surface area (TPSA) is 142 Å². The standard InChI is InChI=1S/C10H15NO8/c1-4(14)11-5(2-12)7-8(6(15)3-13)19-10(18-7)9(16)17/h2,5-8,10,13,15H,3H2,1H3,(H,11,14)(H,16,17). The van der Waals surface area contributed by atoms with Crippen LogP contribution in [0.15, 0.2) is 0 Å². The number of nitrogens with one attached hydrogen (secondary N) is 1. The molecule has 0 saturated carbocycles. The average Bonchev–Trinajstić information content (AvgIpc) is 2.79. The van der Waals surface area contributed by atoms with Crippen molar-refractivity contribution in [2.75, 3.05) is 6.61 Å². The molecule has 108 valence electrons. The van der Waals surface area contributed by atoms with Crippen molar-refractivity contribution in [2.24, 2.45) is 0 Å². The Bertz CT molecular complexity index is 359. The number of carbonyl (C=O) groups excluding carboxylic acids is 2. The number of rotatable bonds is 6. The fraction of sp³-hybridized carbons (Fsp3) is 0.700. The molecule has 1 amide bonds. The molecule has 0 radical (unpaired) electrons. The fourth-order valence-corrected chi connectivity index (χ4v) is 1.72. The molecular formula is C10H15NO8. The molecule has 1 saturated heterocycles. The zero-order valence-electron chi connectivity index (χ0n) is 10.1. The summed E-state index contributed by atoms with van der Waals surface area (Å²) in [6.07, 6.45) is -5.22. The highest BCUT2D eigenvalue weighted by Gasteiger charge is 2.47. The van der Waals surface area contributed by atoms with Gasteiger partial charge in [-0.3, -0.25) is 4.79 Å². The van der Waals surface area contributed by atoms with Gasteiger partial charge >= 0.3 is 5.97 Å². The van der Waals surface area contributed by atoms with Gasteiger partial charge in [-0.2, -0.15) is 0 Å². The zero-order chi connectivity index (χ0) is 14.6. The zero-order valence-corrected chi connectivity index (χ0v) is 10.1. The van der Waals surface area contributed by atoms with Gasteiger partial charge in [-0.15, -0.1) is 0 Å². The van der Waals surface area contributed by atoms with E-state index in [2.05, 4.69) is 5.32 Å². The third-order valence-corrected chi connectivity index (χ3v) is 2.52. The van der Waals surface area contributed by atoms with Crippen LogP contribution in [-0.2, 0) is 23.9 Å². The monoisotopic (exact) mass is 277 g/mol. The summed E-state index contributed by atoms with van der Waals surface area (Å²) in [7, 11) is 0. The predicted molar refractivity (Wildman–Crippen MR) is 57.9 cm³/mol. The second-order valence-corrected chi connectivity index (χ2v) is 3.98. The molecule has 0 spiro atoms. The molecule has 1 aliphatic heterocycles.